The van der Waals surface area contributed by atoms with Crippen LogP contribution in [-0.2, 0) is 17.6 Å². The number of aromatic nitrogens is 2. The molecule has 2 aromatic heterocycles. The average Bonchev–Trinajstić information content (AvgIpc) is 3.25. The van der Waals surface area contributed by atoms with Crippen molar-refractivity contribution in [3.8, 4) is 11.5 Å². The summed E-state index contributed by atoms with van der Waals surface area (Å²) in [5, 5.41) is 8.07. The Labute approximate surface area is 156 Å². The third-order valence-electron chi connectivity index (χ3n) is 4.54. The fourth-order valence-corrected chi connectivity index (χ4v) is 4.27. The van der Waals surface area contributed by atoms with Crippen LogP contribution >= 0.6 is 11.3 Å². The zero-order valence-electron chi connectivity index (χ0n) is 14.6. The lowest BCUT2D eigenvalue weighted by Gasteiger charge is -2.08. The van der Waals surface area contributed by atoms with Crippen molar-refractivity contribution in [2.45, 2.75) is 45.1 Å². The van der Waals surface area contributed by atoms with Crippen LogP contribution in [0.3, 0.4) is 0 Å². The molecule has 1 aliphatic rings. The van der Waals surface area contributed by atoms with Crippen LogP contribution in [0, 0.1) is 0 Å². The Bertz CT molecular complexity index is 877. The van der Waals surface area contributed by atoms with Crippen molar-refractivity contribution in [2.75, 3.05) is 0 Å². The summed E-state index contributed by atoms with van der Waals surface area (Å²) in [6.45, 7) is 1.75. The first-order valence-corrected chi connectivity index (χ1v) is 9.74. The van der Waals surface area contributed by atoms with E-state index in [0.717, 1.165) is 18.4 Å². The number of hydrogen-bond acceptors (Lipinski definition) is 6. The highest BCUT2D eigenvalue weighted by molar-refractivity contribution is 7.14. The molecule has 0 unspecified atom stereocenters. The highest BCUT2D eigenvalue weighted by Gasteiger charge is 2.22. The maximum Gasteiger partial charge on any atom is 0.349 e. The zero-order valence-corrected chi connectivity index (χ0v) is 15.4. The molecule has 1 aromatic carbocycles. The average molecular weight is 368 g/mol. The standard InChI is InChI=1S/C20H20N2O3S/c1-13(18-21-22-19(25-18)14-8-4-2-5-9-14)24-20(23)17-12-15-10-6-3-7-11-16(15)26-17/h2,4-5,8-9,12-13H,3,6-7,10-11H2,1H3/t13-/m1/s1. The number of carbonyl (C=O) groups is 1. The van der Waals surface area contributed by atoms with E-state index in [1.807, 2.05) is 36.4 Å². The molecule has 0 N–H and O–H groups in total. The molecule has 6 heteroatoms. The van der Waals surface area contributed by atoms with E-state index < -0.39 is 6.10 Å². The van der Waals surface area contributed by atoms with E-state index in [1.54, 1.807) is 18.3 Å². The van der Waals surface area contributed by atoms with E-state index in [4.69, 9.17) is 9.15 Å². The van der Waals surface area contributed by atoms with Crippen LogP contribution in [0.5, 0.6) is 0 Å². The number of hydrogen-bond donors (Lipinski definition) is 0. The Balaban J connectivity index is 1.45. The molecule has 0 aliphatic heterocycles. The van der Waals surface area contributed by atoms with E-state index in [0.29, 0.717) is 16.7 Å². The number of rotatable bonds is 4. The summed E-state index contributed by atoms with van der Waals surface area (Å²) >= 11 is 1.55. The predicted octanol–water partition coefficient (Wildman–Crippen LogP) is 4.99. The van der Waals surface area contributed by atoms with Gasteiger partial charge in [0.25, 0.3) is 5.89 Å². The summed E-state index contributed by atoms with van der Waals surface area (Å²) in [6.07, 6.45) is 5.18. The molecule has 0 amide bonds. The summed E-state index contributed by atoms with van der Waals surface area (Å²) in [4.78, 5) is 14.5. The second-order valence-corrected chi connectivity index (χ2v) is 7.62. The maximum atomic E-state index is 12.5. The number of thiophene rings is 1. The normalized spacial score (nSPS) is 15.1. The molecule has 4 rings (SSSR count). The predicted molar refractivity (Wildman–Crippen MR) is 99.1 cm³/mol. The van der Waals surface area contributed by atoms with E-state index in [9.17, 15) is 4.79 Å². The lowest BCUT2D eigenvalue weighted by Crippen LogP contribution is -2.08. The van der Waals surface area contributed by atoms with Crippen molar-refractivity contribution in [1.82, 2.24) is 10.2 Å². The Morgan fingerprint density at radius 1 is 1.15 bits per heavy atom. The van der Waals surface area contributed by atoms with Crippen molar-refractivity contribution < 1.29 is 13.9 Å². The highest BCUT2D eigenvalue weighted by atomic mass is 32.1. The minimum absolute atomic E-state index is 0.301. The van der Waals surface area contributed by atoms with Gasteiger partial charge in [-0.2, -0.15) is 0 Å². The van der Waals surface area contributed by atoms with Gasteiger partial charge in [-0.05, 0) is 56.4 Å². The van der Waals surface area contributed by atoms with Gasteiger partial charge in [0, 0.05) is 10.4 Å². The number of benzene rings is 1. The fourth-order valence-electron chi connectivity index (χ4n) is 3.13. The molecule has 0 radical (unpaired) electrons. The maximum absolute atomic E-state index is 12.5. The van der Waals surface area contributed by atoms with Crippen LogP contribution in [0.1, 0.15) is 58.3 Å². The summed E-state index contributed by atoms with van der Waals surface area (Å²) in [5.74, 6) is 0.400. The van der Waals surface area contributed by atoms with Gasteiger partial charge in [-0.3, -0.25) is 0 Å². The van der Waals surface area contributed by atoms with Gasteiger partial charge in [0.2, 0.25) is 5.89 Å². The largest absolute Gasteiger partial charge is 0.448 e. The first-order chi connectivity index (χ1) is 12.7. The lowest BCUT2D eigenvalue weighted by molar-refractivity contribution is 0.0285. The molecule has 0 spiro atoms. The smallest absolute Gasteiger partial charge is 0.349 e. The van der Waals surface area contributed by atoms with Crippen LogP contribution in [0.4, 0.5) is 0 Å². The van der Waals surface area contributed by atoms with Crippen LogP contribution in [0.2, 0.25) is 0 Å². The molecule has 1 atom stereocenters. The molecular weight excluding hydrogens is 348 g/mol. The van der Waals surface area contributed by atoms with E-state index >= 15 is 0 Å². The molecule has 2 heterocycles. The van der Waals surface area contributed by atoms with Crippen molar-refractivity contribution in [3.05, 3.63) is 57.6 Å². The van der Waals surface area contributed by atoms with Gasteiger partial charge in [-0.25, -0.2) is 4.79 Å². The van der Waals surface area contributed by atoms with Gasteiger partial charge in [-0.1, -0.05) is 24.6 Å². The Morgan fingerprint density at radius 3 is 2.81 bits per heavy atom. The quantitative estimate of drug-likeness (QED) is 0.480. The Kier molecular flexibility index (Phi) is 4.84. The molecule has 0 fully saturated rings. The number of carbonyl (C=O) groups excluding carboxylic acids is 1. The number of esters is 1. The lowest BCUT2D eigenvalue weighted by atomic mass is 10.1. The number of ether oxygens (including phenoxy) is 1. The summed E-state index contributed by atoms with van der Waals surface area (Å²) < 4.78 is 11.2. The Hall–Kier alpha value is -2.47. The third kappa shape index (κ3) is 3.55. The second-order valence-electron chi connectivity index (χ2n) is 6.48. The topological polar surface area (TPSA) is 65.2 Å². The Morgan fingerprint density at radius 2 is 1.96 bits per heavy atom. The zero-order chi connectivity index (χ0) is 17.9. The number of nitrogens with zero attached hydrogens (tertiary/aromatic N) is 2. The van der Waals surface area contributed by atoms with Crippen molar-refractivity contribution in [1.29, 1.82) is 0 Å². The molecule has 26 heavy (non-hydrogen) atoms. The molecule has 0 saturated heterocycles. The molecule has 0 saturated carbocycles. The van der Waals surface area contributed by atoms with E-state index in [1.165, 1.54) is 29.7 Å². The van der Waals surface area contributed by atoms with Gasteiger partial charge in [0.05, 0.1) is 0 Å². The van der Waals surface area contributed by atoms with Crippen LogP contribution in [0.25, 0.3) is 11.5 Å². The molecule has 134 valence electrons. The SMILES string of the molecule is C[C@@H](OC(=O)c1cc2c(s1)CCCCC2)c1nnc(-c2ccccc2)o1. The molecule has 5 nitrogen and oxygen atoms in total. The molecule has 0 bridgehead atoms. The van der Waals surface area contributed by atoms with Gasteiger partial charge in [0.1, 0.15) is 4.88 Å². The molecule has 3 aromatic rings. The highest BCUT2D eigenvalue weighted by Crippen LogP contribution is 2.30. The number of fused-ring (bicyclic) bond motifs is 1. The second kappa shape index (κ2) is 7.41. The first-order valence-electron chi connectivity index (χ1n) is 8.92. The third-order valence-corrected chi connectivity index (χ3v) is 5.76. The minimum atomic E-state index is -0.589. The number of aryl methyl sites for hydroxylation is 2. The minimum Gasteiger partial charge on any atom is -0.448 e. The monoisotopic (exact) mass is 368 g/mol. The van der Waals surface area contributed by atoms with Crippen molar-refractivity contribution in [3.63, 3.8) is 0 Å². The van der Waals surface area contributed by atoms with Crippen LogP contribution in [0.15, 0.2) is 40.8 Å². The van der Waals surface area contributed by atoms with Gasteiger partial charge >= 0.3 is 5.97 Å². The van der Waals surface area contributed by atoms with E-state index in [2.05, 4.69) is 10.2 Å². The first kappa shape index (κ1) is 17.0. The molecule has 1 aliphatic carbocycles. The van der Waals surface area contributed by atoms with Crippen LogP contribution < -0.4 is 0 Å². The van der Waals surface area contributed by atoms with Crippen molar-refractivity contribution in [2.24, 2.45) is 0 Å². The van der Waals surface area contributed by atoms with Gasteiger partial charge in [-0.15, -0.1) is 21.5 Å². The summed E-state index contributed by atoms with van der Waals surface area (Å²) in [7, 11) is 0. The van der Waals surface area contributed by atoms with Crippen LogP contribution in [-0.4, -0.2) is 16.2 Å². The van der Waals surface area contributed by atoms with Crippen molar-refractivity contribution >= 4 is 17.3 Å². The van der Waals surface area contributed by atoms with Gasteiger partial charge < -0.3 is 9.15 Å². The summed E-state index contributed by atoms with van der Waals surface area (Å²) in [6, 6.07) is 11.5. The molecular formula is C20H20N2O3S. The fraction of sp³-hybridized carbons (Fsp3) is 0.350. The van der Waals surface area contributed by atoms with Gasteiger partial charge in [0.15, 0.2) is 6.10 Å². The summed E-state index contributed by atoms with van der Waals surface area (Å²) in [5.41, 5.74) is 2.14. The van der Waals surface area contributed by atoms with E-state index in [-0.39, 0.29) is 5.97 Å².